The summed E-state index contributed by atoms with van der Waals surface area (Å²) in [7, 11) is 1.56. The number of unbranched alkanes of at least 4 members (excludes halogenated alkanes) is 1. The van der Waals surface area contributed by atoms with Gasteiger partial charge in [-0.15, -0.1) is 0 Å². The van der Waals surface area contributed by atoms with Crippen LogP contribution in [0, 0.1) is 11.8 Å². The predicted molar refractivity (Wildman–Crippen MR) is 381 cm³/mol. The second kappa shape index (κ2) is 38.8. The predicted octanol–water partition coefficient (Wildman–Crippen LogP) is 7.17. The largest absolute Gasteiger partial charge is 0.496 e. The molecule has 0 bridgehead atoms. The highest BCUT2D eigenvalue weighted by atomic mass is 16.6. The molecule has 1 heterocycles. The lowest BCUT2D eigenvalue weighted by Gasteiger charge is -2.34. The Morgan fingerprint density at radius 3 is 1.32 bits per heavy atom. The Balaban J connectivity index is 1.44. The Morgan fingerprint density at radius 2 is 0.880 bits per heavy atom. The number of nitrogens with zero attached hydrogens (tertiary/aromatic N) is 4. The maximum absolute atomic E-state index is 14.4. The molecule has 564 valence electrons. The van der Waals surface area contributed by atoms with Gasteiger partial charge in [0.1, 0.15) is 57.5 Å². The molecule has 1 saturated heterocycles. The monoisotopic (exact) mass is 1410 g/mol. The average molecular weight is 1410 g/mol. The number of nitrogens with one attached hydrogen (secondary N) is 5. The van der Waals surface area contributed by atoms with Crippen LogP contribution in [-0.2, 0) is 78.0 Å². The number of hydrogen-bond acceptors (Lipinski definition) is 21. The van der Waals surface area contributed by atoms with E-state index in [2.05, 4.69) is 26.6 Å². The Labute approximate surface area is 594 Å². The second-order valence-corrected chi connectivity index (χ2v) is 32.3. The third-order valence-electron chi connectivity index (χ3n) is 15.9. The van der Waals surface area contributed by atoms with E-state index in [0.717, 1.165) is 10.8 Å². The van der Waals surface area contributed by atoms with Gasteiger partial charge in [0.15, 0.2) is 0 Å². The summed E-state index contributed by atoms with van der Waals surface area (Å²) in [4.78, 5) is 144. The van der Waals surface area contributed by atoms with E-state index in [0.29, 0.717) is 109 Å². The van der Waals surface area contributed by atoms with E-state index in [9.17, 15) is 47.9 Å². The van der Waals surface area contributed by atoms with Crippen molar-refractivity contribution in [1.82, 2.24) is 46.2 Å². The molecule has 3 atom stereocenters. The number of methoxy groups -OCH3 is 1. The molecule has 1 saturated carbocycles. The Bertz CT molecular complexity index is 2990. The maximum Gasteiger partial charge on any atom is 0.329 e. The van der Waals surface area contributed by atoms with Crippen molar-refractivity contribution in [2.45, 2.75) is 241 Å². The van der Waals surface area contributed by atoms with Crippen molar-refractivity contribution in [2.24, 2.45) is 11.8 Å². The number of esters is 6. The molecule has 5 amide bonds. The molecule has 0 spiro atoms. The molecule has 0 unspecified atom stereocenters. The van der Waals surface area contributed by atoms with E-state index in [4.69, 9.17) is 33.2 Å². The lowest BCUT2D eigenvalue weighted by atomic mass is 9.81. The van der Waals surface area contributed by atoms with Crippen LogP contribution in [0.4, 0.5) is 4.79 Å². The van der Waals surface area contributed by atoms with E-state index < -0.39 is 99.4 Å². The van der Waals surface area contributed by atoms with Gasteiger partial charge >= 0.3 is 41.8 Å². The number of carbonyl (C=O) groups excluding carboxylic acids is 10. The summed E-state index contributed by atoms with van der Waals surface area (Å²) in [5, 5.41) is 16.2. The minimum atomic E-state index is -1.27. The number of rotatable bonds is 28. The SMILES string of the molecule is COc1c(C[C@@H](NC(=O)C2CCC(CNC(=O)CN3CCN(CC(=O)OC(C)(C)C)CCN(CC(=O)OC(C)(C)C)CCN(CC(=O)OC(C)(C)C)CC3)CC2)C(=O)NCCCC[C@H](NC(=O)N[C@@H](CCC(=O)OC(C)(C)C)C(=O)OC(C)(C)C)C(=O)OC(C)(C)C)ccc2ccccc12. The Hall–Kier alpha value is -7.16. The lowest BCUT2D eigenvalue weighted by Crippen LogP contribution is -2.53. The van der Waals surface area contributed by atoms with E-state index >= 15 is 0 Å². The van der Waals surface area contributed by atoms with Gasteiger partial charge in [-0.3, -0.25) is 53.2 Å². The molecule has 2 aromatic rings. The van der Waals surface area contributed by atoms with Gasteiger partial charge in [-0.25, -0.2) is 14.4 Å². The van der Waals surface area contributed by atoms with Crippen LogP contribution in [0.25, 0.3) is 10.8 Å². The Kier molecular flexibility index (Phi) is 33.0. The number of hydrogen-bond donors (Lipinski definition) is 5. The number of benzene rings is 2. The highest BCUT2D eigenvalue weighted by Crippen LogP contribution is 2.32. The van der Waals surface area contributed by atoms with Crippen LogP contribution in [0.15, 0.2) is 36.4 Å². The average Bonchev–Trinajstić information content (AvgIpc) is 0.802. The van der Waals surface area contributed by atoms with Gasteiger partial charge in [-0.2, -0.15) is 0 Å². The summed E-state index contributed by atoms with van der Waals surface area (Å²) in [6.45, 7) is 35.3. The summed E-state index contributed by atoms with van der Waals surface area (Å²) in [5.41, 5.74) is -4.00. The summed E-state index contributed by atoms with van der Waals surface area (Å²) in [6.07, 6.45) is 2.83. The minimum Gasteiger partial charge on any atom is -0.496 e. The quantitative estimate of drug-likeness (QED) is 0.0320. The first-order valence-electron chi connectivity index (χ1n) is 35.5. The highest BCUT2D eigenvalue weighted by molar-refractivity contribution is 5.92. The fraction of sp³-hybridized carbons (Fsp3) is 0.730. The van der Waals surface area contributed by atoms with E-state index in [1.54, 1.807) is 69.4 Å². The van der Waals surface area contributed by atoms with Gasteiger partial charge in [0, 0.05) is 89.6 Å². The summed E-state index contributed by atoms with van der Waals surface area (Å²) in [5.74, 6) is -3.94. The minimum absolute atomic E-state index is 0.00636. The van der Waals surface area contributed by atoms with E-state index in [1.807, 2.05) is 118 Å². The molecule has 2 aliphatic rings. The normalized spacial score (nSPS) is 17.9. The van der Waals surface area contributed by atoms with Gasteiger partial charge in [-0.1, -0.05) is 36.4 Å². The first-order valence-corrected chi connectivity index (χ1v) is 35.5. The van der Waals surface area contributed by atoms with Crippen LogP contribution in [-0.4, -0.2) is 230 Å². The van der Waals surface area contributed by atoms with Crippen molar-refractivity contribution in [1.29, 1.82) is 0 Å². The number of fused-ring (bicyclic) bond motifs is 1. The third-order valence-corrected chi connectivity index (χ3v) is 15.9. The molecule has 0 aromatic heterocycles. The number of amides is 5. The van der Waals surface area contributed by atoms with Crippen LogP contribution in [0.2, 0.25) is 0 Å². The van der Waals surface area contributed by atoms with Gasteiger partial charge in [0.25, 0.3) is 0 Å². The second-order valence-electron chi connectivity index (χ2n) is 32.3. The zero-order valence-corrected chi connectivity index (χ0v) is 63.6. The van der Waals surface area contributed by atoms with Crippen molar-refractivity contribution in [3.8, 4) is 5.75 Å². The van der Waals surface area contributed by atoms with Gasteiger partial charge in [0.05, 0.1) is 33.3 Å². The molecule has 2 aromatic carbocycles. The van der Waals surface area contributed by atoms with Crippen LogP contribution >= 0.6 is 0 Å². The van der Waals surface area contributed by atoms with Crippen molar-refractivity contribution in [2.75, 3.05) is 98.7 Å². The standard InChI is InChI=1S/C74H121N9O17/c1-69(2,3)95-59(85)34-33-56(67(92)100-74(16,17)18)79-68(93)78-55(66(91)99-73(13,14)15)26-22-23-35-75-65(90)57(44-53-32-31-51-24-20-21-25-54(51)63(53)94-19)77-64(89)52-29-27-50(28-30-52)45-76-58(84)46-80-36-38-81(47-60(86)96-70(4,5)6)40-42-83(49-62(88)98-72(10,11)12)43-41-82(39-37-80)48-61(87)97-71(7,8)9/h20-21,24-25,31-32,50,52,55-57H,22-23,26-30,33-49H2,1-19H3,(H,75,90)(H,76,84)(H,77,89)(H2,78,79,93)/t50?,52?,55-,56-,57+/m0/s1. The molecule has 0 radical (unpaired) electrons. The molecule has 1 aliphatic carbocycles. The highest BCUT2D eigenvalue weighted by Gasteiger charge is 2.35. The lowest BCUT2D eigenvalue weighted by molar-refractivity contribution is -0.159. The van der Waals surface area contributed by atoms with Gasteiger partial charge < -0.3 is 59.7 Å². The number of urea groups is 1. The van der Waals surface area contributed by atoms with Crippen molar-refractivity contribution >= 4 is 70.3 Å². The molecule has 5 N–H and O–H groups in total. The molecular weight excluding hydrogens is 1290 g/mol. The number of ether oxygens (including phenoxy) is 7. The van der Waals surface area contributed by atoms with Crippen LogP contribution in [0.1, 0.15) is 188 Å². The van der Waals surface area contributed by atoms with Gasteiger partial charge in [0.2, 0.25) is 17.7 Å². The molecule has 26 nitrogen and oxygen atoms in total. The smallest absolute Gasteiger partial charge is 0.329 e. The first kappa shape index (κ1) is 85.3. The molecule has 2 fully saturated rings. The Morgan fingerprint density at radius 1 is 0.460 bits per heavy atom. The summed E-state index contributed by atoms with van der Waals surface area (Å²) in [6, 6.07) is 7.21. The van der Waals surface area contributed by atoms with Crippen LogP contribution < -0.4 is 31.3 Å². The molecule has 4 rings (SSSR count). The topological polar surface area (TPSA) is 308 Å². The van der Waals surface area contributed by atoms with Crippen molar-refractivity contribution in [3.05, 3.63) is 42.0 Å². The summed E-state index contributed by atoms with van der Waals surface area (Å²) >= 11 is 0. The first-order chi connectivity index (χ1) is 46.3. The zero-order chi connectivity index (χ0) is 75.0. The fourth-order valence-corrected chi connectivity index (χ4v) is 11.5. The maximum atomic E-state index is 14.4. The fourth-order valence-electron chi connectivity index (χ4n) is 11.5. The molecule has 1 aliphatic heterocycles. The van der Waals surface area contributed by atoms with E-state index in [-0.39, 0.29) is 82.1 Å². The van der Waals surface area contributed by atoms with Crippen LogP contribution in [0.3, 0.4) is 0 Å². The molecular formula is C74H121N9O17. The van der Waals surface area contributed by atoms with Crippen molar-refractivity contribution in [3.63, 3.8) is 0 Å². The zero-order valence-electron chi connectivity index (χ0n) is 63.6. The molecule has 100 heavy (non-hydrogen) atoms. The molecule has 26 heteroatoms. The third kappa shape index (κ3) is 34.9. The number of carbonyl (C=O) groups is 10. The van der Waals surface area contributed by atoms with Crippen LogP contribution in [0.5, 0.6) is 5.75 Å². The van der Waals surface area contributed by atoms with Gasteiger partial charge in [-0.05, 0) is 193 Å². The van der Waals surface area contributed by atoms with E-state index in [1.165, 1.54) is 0 Å². The summed E-state index contributed by atoms with van der Waals surface area (Å²) < 4.78 is 39.7. The van der Waals surface area contributed by atoms with Crippen molar-refractivity contribution < 1.29 is 81.1 Å².